The quantitative estimate of drug-likeness (QED) is 0.656. The van der Waals surface area contributed by atoms with Gasteiger partial charge in [-0.1, -0.05) is 28.1 Å². The Morgan fingerprint density at radius 1 is 1.35 bits per heavy atom. The summed E-state index contributed by atoms with van der Waals surface area (Å²) in [6.45, 7) is 1.88. The molecule has 8 heteroatoms. The number of nitrogens with zero attached hydrogens (tertiary/aromatic N) is 3. The standard InChI is InChI=1S/C12H12BrN5O2/c1-7(8-2-4-9(13)5-3-8)17-12-10(18(19)20)11(14)15-6-16-12/h2-7H,1H3,(H3,14,15,16,17). The van der Waals surface area contributed by atoms with E-state index in [9.17, 15) is 10.1 Å². The summed E-state index contributed by atoms with van der Waals surface area (Å²) in [5.74, 6) is -0.0478. The molecule has 104 valence electrons. The highest BCUT2D eigenvalue weighted by Gasteiger charge is 2.22. The molecule has 0 saturated carbocycles. The van der Waals surface area contributed by atoms with Crippen LogP contribution in [0, 0.1) is 10.1 Å². The fourth-order valence-electron chi connectivity index (χ4n) is 1.72. The Morgan fingerprint density at radius 2 is 2.00 bits per heavy atom. The van der Waals surface area contributed by atoms with Crippen LogP contribution >= 0.6 is 15.9 Å². The van der Waals surface area contributed by atoms with E-state index in [4.69, 9.17) is 5.73 Å². The summed E-state index contributed by atoms with van der Waals surface area (Å²) in [7, 11) is 0. The summed E-state index contributed by atoms with van der Waals surface area (Å²) in [5.41, 5.74) is 6.18. The highest BCUT2D eigenvalue weighted by molar-refractivity contribution is 9.10. The maximum absolute atomic E-state index is 11.0. The number of hydrogen-bond acceptors (Lipinski definition) is 6. The Morgan fingerprint density at radius 3 is 2.60 bits per heavy atom. The van der Waals surface area contributed by atoms with Crippen molar-refractivity contribution in [2.45, 2.75) is 13.0 Å². The lowest BCUT2D eigenvalue weighted by Crippen LogP contribution is -2.11. The second-order valence-electron chi connectivity index (χ2n) is 4.13. The van der Waals surface area contributed by atoms with Gasteiger partial charge in [-0.05, 0) is 24.6 Å². The minimum atomic E-state index is -0.591. The highest BCUT2D eigenvalue weighted by atomic mass is 79.9. The number of nitrogen functional groups attached to an aromatic ring is 1. The van der Waals surface area contributed by atoms with Gasteiger partial charge in [0, 0.05) is 4.47 Å². The van der Waals surface area contributed by atoms with Gasteiger partial charge in [-0.15, -0.1) is 0 Å². The third-order valence-electron chi connectivity index (χ3n) is 2.76. The number of nitro groups is 1. The van der Waals surface area contributed by atoms with Crippen molar-refractivity contribution in [1.82, 2.24) is 9.97 Å². The summed E-state index contributed by atoms with van der Waals surface area (Å²) < 4.78 is 0.964. The lowest BCUT2D eigenvalue weighted by atomic mass is 10.1. The van der Waals surface area contributed by atoms with Crippen LogP contribution in [-0.2, 0) is 0 Å². The number of benzene rings is 1. The van der Waals surface area contributed by atoms with Gasteiger partial charge < -0.3 is 11.1 Å². The zero-order valence-electron chi connectivity index (χ0n) is 10.6. The van der Waals surface area contributed by atoms with Crippen LogP contribution in [0.5, 0.6) is 0 Å². The van der Waals surface area contributed by atoms with Crippen LogP contribution < -0.4 is 11.1 Å². The first kappa shape index (κ1) is 14.2. The summed E-state index contributed by atoms with van der Waals surface area (Å²) in [4.78, 5) is 17.9. The second-order valence-corrected chi connectivity index (χ2v) is 5.05. The van der Waals surface area contributed by atoms with E-state index in [0.717, 1.165) is 10.0 Å². The average Bonchev–Trinajstić information content (AvgIpc) is 2.39. The zero-order valence-corrected chi connectivity index (χ0v) is 12.2. The van der Waals surface area contributed by atoms with E-state index >= 15 is 0 Å². The van der Waals surface area contributed by atoms with Crippen LogP contribution in [0.2, 0.25) is 0 Å². The third kappa shape index (κ3) is 3.02. The summed E-state index contributed by atoms with van der Waals surface area (Å²) in [5, 5.41) is 14.0. The lowest BCUT2D eigenvalue weighted by molar-refractivity contribution is -0.383. The second kappa shape index (κ2) is 5.83. The third-order valence-corrected chi connectivity index (χ3v) is 3.29. The predicted molar refractivity (Wildman–Crippen MR) is 79.3 cm³/mol. The van der Waals surface area contributed by atoms with Crippen LogP contribution in [0.4, 0.5) is 17.3 Å². The molecule has 0 saturated heterocycles. The molecule has 0 spiro atoms. The minimum absolute atomic E-state index is 0.109. The van der Waals surface area contributed by atoms with Crippen LogP contribution in [0.25, 0.3) is 0 Å². The molecule has 0 aliphatic carbocycles. The molecule has 0 aliphatic rings. The maximum atomic E-state index is 11.0. The van der Waals surface area contributed by atoms with Crippen molar-refractivity contribution in [3.05, 3.63) is 50.7 Å². The number of anilines is 2. The van der Waals surface area contributed by atoms with E-state index in [1.807, 2.05) is 31.2 Å². The van der Waals surface area contributed by atoms with Gasteiger partial charge >= 0.3 is 5.69 Å². The lowest BCUT2D eigenvalue weighted by Gasteiger charge is -2.15. The fraction of sp³-hybridized carbons (Fsp3) is 0.167. The molecule has 0 radical (unpaired) electrons. The largest absolute Gasteiger partial charge is 0.378 e. The Bertz CT molecular complexity index is 632. The van der Waals surface area contributed by atoms with E-state index in [2.05, 4.69) is 31.2 Å². The van der Waals surface area contributed by atoms with Crippen LogP contribution in [-0.4, -0.2) is 14.9 Å². The molecule has 20 heavy (non-hydrogen) atoms. The first-order chi connectivity index (χ1) is 9.49. The fourth-order valence-corrected chi connectivity index (χ4v) is 1.98. The molecule has 3 N–H and O–H groups in total. The first-order valence-corrected chi connectivity index (χ1v) is 6.55. The van der Waals surface area contributed by atoms with Gasteiger partial charge in [-0.25, -0.2) is 9.97 Å². The Balaban J connectivity index is 2.28. The number of nitrogens with one attached hydrogen (secondary N) is 1. The molecule has 0 amide bonds. The normalized spacial score (nSPS) is 11.9. The number of hydrogen-bond donors (Lipinski definition) is 2. The monoisotopic (exact) mass is 337 g/mol. The van der Waals surface area contributed by atoms with Gasteiger partial charge in [0.1, 0.15) is 6.33 Å². The number of nitrogens with two attached hydrogens (primary N) is 1. The summed E-state index contributed by atoms with van der Waals surface area (Å²) in [6.07, 6.45) is 1.19. The molecule has 0 aliphatic heterocycles. The van der Waals surface area contributed by atoms with Crippen LogP contribution in [0.3, 0.4) is 0 Å². The Labute approximate surface area is 123 Å². The van der Waals surface area contributed by atoms with Gasteiger partial charge in [-0.2, -0.15) is 0 Å². The SMILES string of the molecule is CC(Nc1ncnc(N)c1[N+](=O)[O-])c1ccc(Br)cc1. The molecule has 0 bridgehead atoms. The van der Waals surface area contributed by atoms with Gasteiger partial charge in [0.15, 0.2) is 0 Å². The van der Waals surface area contributed by atoms with E-state index < -0.39 is 4.92 Å². The maximum Gasteiger partial charge on any atom is 0.353 e. The number of aromatic nitrogens is 2. The highest BCUT2D eigenvalue weighted by Crippen LogP contribution is 2.29. The summed E-state index contributed by atoms with van der Waals surface area (Å²) >= 11 is 3.35. The first-order valence-electron chi connectivity index (χ1n) is 5.76. The molecule has 1 heterocycles. The van der Waals surface area contributed by atoms with Crippen molar-refractivity contribution >= 4 is 33.3 Å². The van der Waals surface area contributed by atoms with Crippen molar-refractivity contribution in [2.24, 2.45) is 0 Å². The van der Waals surface area contributed by atoms with Gasteiger partial charge in [0.2, 0.25) is 11.6 Å². The zero-order chi connectivity index (χ0) is 14.7. The van der Waals surface area contributed by atoms with Gasteiger partial charge in [0.05, 0.1) is 11.0 Å². The van der Waals surface area contributed by atoms with Crippen molar-refractivity contribution < 1.29 is 4.92 Å². The van der Waals surface area contributed by atoms with Crippen molar-refractivity contribution in [2.75, 3.05) is 11.1 Å². The number of halogens is 1. The number of rotatable bonds is 4. The molecule has 2 aromatic rings. The molecule has 1 aromatic carbocycles. The Hall–Kier alpha value is -2.22. The van der Waals surface area contributed by atoms with E-state index in [1.54, 1.807) is 0 Å². The van der Waals surface area contributed by atoms with E-state index in [-0.39, 0.29) is 23.4 Å². The Kier molecular flexibility index (Phi) is 4.14. The predicted octanol–water partition coefficient (Wildman–Crippen LogP) is 2.90. The van der Waals surface area contributed by atoms with Crippen molar-refractivity contribution in [3.8, 4) is 0 Å². The molecule has 1 aromatic heterocycles. The van der Waals surface area contributed by atoms with Crippen molar-refractivity contribution in [1.29, 1.82) is 0 Å². The molecule has 1 atom stereocenters. The topological polar surface area (TPSA) is 107 Å². The van der Waals surface area contributed by atoms with E-state index in [0.29, 0.717) is 0 Å². The summed E-state index contributed by atoms with van der Waals surface area (Å²) in [6, 6.07) is 7.47. The molecular weight excluding hydrogens is 326 g/mol. The molecular formula is C12H12BrN5O2. The van der Waals surface area contributed by atoms with Gasteiger partial charge in [-0.3, -0.25) is 10.1 Å². The minimum Gasteiger partial charge on any atom is -0.378 e. The van der Waals surface area contributed by atoms with Crippen molar-refractivity contribution in [3.63, 3.8) is 0 Å². The van der Waals surface area contributed by atoms with Crippen LogP contribution in [0.1, 0.15) is 18.5 Å². The average molecular weight is 338 g/mol. The molecule has 2 rings (SSSR count). The molecule has 7 nitrogen and oxygen atoms in total. The van der Waals surface area contributed by atoms with Gasteiger partial charge in [0.25, 0.3) is 0 Å². The van der Waals surface area contributed by atoms with E-state index in [1.165, 1.54) is 6.33 Å². The molecule has 1 unspecified atom stereocenters. The van der Waals surface area contributed by atoms with Crippen LogP contribution in [0.15, 0.2) is 35.1 Å². The molecule has 0 fully saturated rings. The smallest absolute Gasteiger partial charge is 0.353 e.